The number of nitrogens with one attached hydrogen (secondary N) is 1. The highest BCUT2D eigenvalue weighted by atomic mass is 32.1. The smallest absolute Gasteiger partial charge is 0.226 e. The molecule has 0 aliphatic carbocycles. The first-order chi connectivity index (χ1) is 8.02. The van der Waals surface area contributed by atoms with E-state index in [1.54, 1.807) is 12.5 Å². The second-order valence-electron chi connectivity index (χ2n) is 3.91. The summed E-state index contributed by atoms with van der Waals surface area (Å²) >= 11 is 1.25. The van der Waals surface area contributed by atoms with Crippen LogP contribution in [0.15, 0.2) is 5.38 Å². The number of amides is 1. The quantitative estimate of drug-likeness (QED) is 0.790. The van der Waals surface area contributed by atoms with E-state index in [4.69, 9.17) is 4.74 Å². The lowest BCUT2D eigenvalue weighted by atomic mass is 10.1. The van der Waals surface area contributed by atoms with Crippen molar-refractivity contribution in [2.75, 3.05) is 19.0 Å². The molecule has 1 rings (SSSR count). The van der Waals surface area contributed by atoms with Crippen LogP contribution in [-0.4, -0.2) is 30.4 Å². The van der Waals surface area contributed by atoms with E-state index in [9.17, 15) is 9.59 Å². The molecule has 6 heteroatoms. The predicted octanol–water partition coefficient (Wildman–Crippen LogP) is 1.96. The van der Waals surface area contributed by atoms with E-state index in [-0.39, 0.29) is 17.6 Å². The summed E-state index contributed by atoms with van der Waals surface area (Å²) in [5, 5.41) is 4.77. The summed E-state index contributed by atoms with van der Waals surface area (Å²) in [6, 6.07) is 0. The maximum absolute atomic E-state index is 11.6. The maximum atomic E-state index is 11.6. The minimum absolute atomic E-state index is 0.102. The highest BCUT2D eigenvalue weighted by molar-refractivity contribution is 7.14. The Labute approximate surface area is 104 Å². The van der Waals surface area contributed by atoms with E-state index in [0.717, 1.165) is 0 Å². The Kier molecular flexibility index (Phi) is 5.24. The number of nitrogens with zero attached hydrogens (tertiary/aromatic N) is 1. The van der Waals surface area contributed by atoms with Crippen molar-refractivity contribution in [3.63, 3.8) is 0 Å². The van der Waals surface area contributed by atoms with Gasteiger partial charge < -0.3 is 10.1 Å². The highest BCUT2D eigenvalue weighted by Gasteiger charge is 2.12. The highest BCUT2D eigenvalue weighted by Crippen LogP contribution is 2.16. The summed E-state index contributed by atoms with van der Waals surface area (Å²) < 4.78 is 4.95. The van der Waals surface area contributed by atoms with Gasteiger partial charge in [0.05, 0.1) is 0 Å². The number of Topliss-reactive ketones (excluding diaryl/α,β-unsaturated/α-hetero) is 1. The molecule has 0 aromatic carbocycles. The Hall–Kier alpha value is -1.27. The average molecular weight is 256 g/mol. The fraction of sp³-hybridized carbons (Fsp3) is 0.545. The van der Waals surface area contributed by atoms with Gasteiger partial charge in [0.25, 0.3) is 0 Å². The van der Waals surface area contributed by atoms with E-state index in [0.29, 0.717) is 23.9 Å². The van der Waals surface area contributed by atoms with Crippen LogP contribution in [0.3, 0.4) is 0 Å². The summed E-state index contributed by atoms with van der Waals surface area (Å²) in [7, 11) is 1.61. The lowest BCUT2D eigenvalue weighted by molar-refractivity contribution is -0.117. The number of carbonyl (C=O) groups is 2. The van der Waals surface area contributed by atoms with Crippen LogP contribution >= 0.6 is 11.3 Å². The van der Waals surface area contributed by atoms with Crippen LogP contribution in [0.5, 0.6) is 0 Å². The number of ketones is 1. The molecule has 0 aliphatic rings. The number of rotatable bonds is 6. The second kappa shape index (κ2) is 6.46. The van der Waals surface area contributed by atoms with E-state index >= 15 is 0 Å². The summed E-state index contributed by atoms with van der Waals surface area (Å²) in [6.07, 6.45) is 0.378. The van der Waals surface area contributed by atoms with Gasteiger partial charge in [-0.25, -0.2) is 4.98 Å². The van der Waals surface area contributed by atoms with Gasteiger partial charge in [0.2, 0.25) is 5.91 Å². The first-order valence-corrected chi connectivity index (χ1v) is 6.16. The number of carbonyl (C=O) groups excluding carboxylic acids is 2. The molecule has 0 bridgehead atoms. The largest absolute Gasteiger partial charge is 0.384 e. The molecule has 1 amide bonds. The van der Waals surface area contributed by atoms with Crippen LogP contribution in [-0.2, 0) is 9.53 Å². The molecule has 94 valence electrons. The first-order valence-electron chi connectivity index (χ1n) is 5.28. The monoisotopic (exact) mass is 256 g/mol. The Morgan fingerprint density at radius 2 is 2.29 bits per heavy atom. The topological polar surface area (TPSA) is 68.3 Å². The third kappa shape index (κ3) is 4.62. The fourth-order valence-electron chi connectivity index (χ4n) is 1.32. The van der Waals surface area contributed by atoms with Gasteiger partial charge >= 0.3 is 0 Å². The lowest BCUT2D eigenvalue weighted by Crippen LogP contribution is -2.17. The van der Waals surface area contributed by atoms with Gasteiger partial charge in [0.15, 0.2) is 10.9 Å². The van der Waals surface area contributed by atoms with Gasteiger partial charge in [-0.2, -0.15) is 0 Å². The summed E-state index contributed by atoms with van der Waals surface area (Å²) in [5.74, 6) is -0.0549. The zero-order valence-corrected chi connectivity index (χ0v) is 11.0. The zero-order chi connectivity index (χ0) is 12.8. The molecular formula is C11H16N2O3S. The molecule has 1 N–H and O–H groups in total. The first kappa shape index (κ1) is 13.8. The minimum atomic E-state index is -0.112. The van der Waals surface area contributed by atoms with E-state index in [1.165, 1.54) is 18.3 Å². The van der Waals surface area contributed by atoms with E-state index in [2.05, 4.69) is 10.3 Å². The molecule has 1 atom stereocenters. The standard InChI is InChI=1S/C11H16N2O3S/c1-7(5-16-3)4-10(15)13-11-12-9(6-17-11)8(2)14/h6-7H,4-5H2,1-3H3,(H,12,13,15). The molecule has 0 radical (unpaired) electrons. The molecule has 1 aromatic heterocycles. The van der Waals surface area contributed by atoms with Gasteiger partial charge in [0.1, 0.15) is 5.69 Å². The Balaban J connectivity index is 2.47. The van der Waals surface area contributed by atoms with Crippen molar-refractivity contribution in [1.29, 1.82) is 0 Å². The van der Waals surface area contributed by atoms with Gasteiger partial charge in [-0.05, 0) is 5.92 Å². The van der Waals surface area contributed by atoms with Gasteiger partial charge in [-0.15, -0.1) is 11.3 Å². The molecular weight excluding hydrogens is 240 g/mol. The molecule has 1 unspecified atom stereocenters. The fourth-order valence-corrected chi connectivity index (χ4v) is 2.09. The van der Waals surface area contributed by atoms with Crippen molar-refractivity contribution in [1.82, 2.24) is 4.98 Å². The molecule has 0 spiro atoms. The molecule has 1 aromatic rings. The van der Waals surface area contributed by atoms with E-state index in [1.807, 2.05) is 6.92 Å². The SMILES string of the molecule is COCC(C)CC(=O)Nc1nc(C(C)=O)cs1. The molecule has 5 nitrogen and oxygen atoms in total. The lowest BCUT2D eigenvalue weighted by Gasteiger charge is -2.08. The van der Waals surface area contributed by atoms with Crippen molar-refractivity contribution in [3.05, 3.63) is 11.1 Å². The van der Waals surface area contributed by atoms with Crippen LogP contribution in [0, 0.1) is 5.92 Å². The molecule has 1 heterocycles. The van der Waals surface area contributed by atoms with Crippen LogP contribution < -0.4 is 5.32 Å². The van der Waals surface area contributed by atoms with Crippen LogP contribution in [0.2, 0.25) is 0 Å². The molecule has 17 heavy (non-hydrogen) atoms. The molecule has 0 fully saturated rings. The molecule has 0 saturated heterocycles. The number of hydrogen-bond acceptors (Lipinski definition) is 5. The number of ether oxygens (including phenoxy) is 1. The Morgan fingerprint density at radius 1 is 1.59 bits per heavy atom. The van der Waals surface area contributed by atoms with Crippen molar-refractivity contribution in [2.45, 2.75) is 20.3 Å². The third-order valence-corrected chi connectivity index (χ3v) is 2.85. The normalized spacial score (nSPS) is 12.2. The number of methoxy groups -OCH3 is 1. The predicted molar refractivity (Wildman–Crippen MR) is 66.4 cm³/mol. The van der Waals surface area contributed by atoms with Gasteiger partial charge in [-0.1, -0.05) is 6.92 Å². The van der Waals surface area contributed by atoms with E-state index < -0.39 is 0 Å². The number of thiazole rings is 1. The minimum Gasteiger partial charge on any atom is -0.384 e. The Morgan fingerprint density at radius 3 is 2.82 bits per heavy atom. The summed E-state index contributed by atoms with van der Waals surface area (Å²) in [6.45, 7) is 3.93. The number of anilines is 1. The molecule has 0 saturated carbocycles. The van der Waals surface area contributed by atoms with Gasteiger partial charge in [-0.3, -0.25) is 9.59 Å². The average Bonchev–Trinajstić information content (AvgIpc) is 2.66. The van der Waals surface area contributed by atoms with Crippen molar-refractivity contribution < 1.29 is 14.3 Å². The summed E-state index contributed by atoms with van der Waals surface area (Å²) in [5.41, 5.74) is 0.384. The second-order valence-corrected chi connectivity index (χ2v) is 4.77. The Bertz CT molecular complexity index is 403. The van der Waals surface area contributed by atoms with Crippen molar-refractivity contribution >= 4 is 28.2 Å². The molecule has 0 aliphatic heterocycles. The van der Waals surface area contributed by atoms with Crippen molar-refractivity contribution in [3.8, 4) is 0 Å². The maximum Gasteiger partial charge on any atom is 0.226 e. The van der Waals surface area contributed by atoms with Gasteiger partial charge in [0, 0.05) is 32.4 Å². The zero-order valence-electron chi connectivity index (χ0n) is 10.1. The summed E-state index contributed by atoms with van der Waals surface area (Å²) in [4.78, 5) is 26.6. The number of hydrogen-bond donors (Lipinski definition) is 1. The third-order valence-electron chi connectivity index (χ3n) is 2.10. The van der Waals surface area contributed by atoms with Crippen LogP contribution in [0.1, 0.15) is 30.8 Å². The van der Waals surface area contributed by atoms with Crippen molar-refractivity contribution in [2.24, 2.45) is 5.92 Å². The van der Waals surface area contributed by atoms with Crippen LogP contribution in [0.4, 0.5) is 5.13 Å². The van der Waals surface area contributed by atoms with Crippen LogP contribution in [0.25, 0.3) is 0 Å². The number of aromatic nitrogens is 1.